The minimum Gasteiger partial charge on any atom is -0.461 e. The molecule has 1 heterocycles. The summed E-state index contributed by atoms with van der Waals surface area (Å²) in [4.78, 5) is 86.3. The fourth-order valence-electron chi connectivity index (χ4n) is 10.1. The molecule has 4 N–H and O–H groups in total. The number of hydrogen-bond donors (Lipinski definition) is 4. The first-order valence-electron chi connectivity index (χ1n) is 21.0. The molecule has 0 aromatic heterocycles. The Labute approximate surface area is 369 Å². The van der Waals surface area contributed by atoms with E-state index >= 15 is 4.79 Å². The number of carbonyl (C=O) groups is 6. The van der Waals surface area contributed by atoms with Crippen LogP contribution in [0, 0.1) is 16.7 Å². The van der Waals surface area contributed by atoms with Crippen LogP contribution in [0.1, 0.15) is 96.6 Å². The van der Waals surface area contributed by atoms with Crippen LogP contribution < -0.4 is 5.32 Å². The molecule has 3 fully saturated rings. The van der Waals surface area contributed by atoms with Gasteiger partial charge >= 0.3 is 23.9 Å². The third kappa shape index (κ3) is 7.98. The van der Waals surface area contributed by atoms with E-state index in [1.54, 1.807) is 57.2 Å². The molecule has 18 nitrogen and oxygen atoms in total. The van der Waals surface area contributed by atoms with Crippen molar-refractivity contribution in [1.82, 2.24) is 5.32 Å². The number of nitrogens with zero attached hydrogens (tertiary/aromatic N) is 3. The van der Waals surface area contributed by atoms with E-state index in [1.807, 2.05) is 0 Å². The maximum absolute atomic E-state index is 15.4. The number of Topliss-reactive ketones (excluding diaryl/α,β-unsaturated/α-hetero) is 1. The molecule has 0 spiro atoms. The number of aliphatic hydroxyl groups excluding tert-OH is 2. The van der Waals surface area contributed by atoms with Gasteiger partial charge in [0.25, 0.3) is 0 Å². The number of aliphatic hydroxyl groups is 3. The molecule has 2 aromatic rings. The van der Waals surface area contributed by atoms with Gasteiger partial charge in [-0.3, -0.25) is 19.2 Å². The third-order valence-corrected chi connectivity index (χ3v) is 13.7. The average Bonchev–Trinajstić information content (AvgIpc) is 3.25. The molecule has 2 bridgehead atoms. The summed E-state index contributed by atoms with van der Waals surface area (Å²) >= 11 is 0. The number of rotatable bonds is 12. The molecule has 4 aliphatic rings. The third-order valence-electron chi connectivity index (χ3n) is 13.7. The molecule has 2 saturated carbocycles. The van der Waals surface area contributed by atoms with Crippen molar-refractivity contribution in [3.8, 4) is 0 Å². The van der Waals surface area contributed by atoms with E-state index in [0.717, 1.165) is 6.92 Å². The predicted octanol–water partition coefficient (Wildman–Crippen LogP) is 4.72. The molecule has 6 rings (SSSR count). The number of carbonyl (C=O) groups excluding carboxylic acids is 6. The summed E-state index contributed by atoms with van der Waals surface area (Å²) < 4.78 is 30.5. The SMILES string of the molecule is C/C=C(\C)C(=O)N[C@@H](c1ccccc1)[C@@H](O)C(=O)O[C@H]1C[C@@]2(O)[C@@H](OC(=O)c3cccc(N=[N+]=[N-])c3)[C@@H]3[C@]4(OC(C)=O)CO[C@@H]4C[C@H](OC(=O)CC)[C@@]3(C)C(=O)[C@H](O)C(=C1C)C2(C)C. The highest BCUT2D eigenvalue weighted by molar-refractivity contribution is 5.95. The van der Waals surface area contributed by atoms with Crippen molar-refractivity contribution in [2.45, 2.75) is 129 Å². The monoisotopic (exact) mass is 886 g/mol. The summed E-state index contributed by atoms with van der Waals surface area (Å²) in [6, 6.07) is 12.3. The van der Waals surface area contributed by atoms with Crippen LogP contribution in [0.15, 0.2) is 82.5 Å². The number of allylic oxidation sites excluding steroid dienone is 1. The molecule has 3 aliphatic carbocycles. The van der Waals surface area contributed by atoms with Crippen molar-refractivity contribution < 1.29 is 67.8 Å². The number of esters is 4. The summed E-state index contributed by atoms with van der Waals surface area (Å²) in [6.45, 7) is 11.4. The highest BCUT2D eigenvalue weighted by Crippen LogP contribution is 2.64. The van der Waals surface area contributed by atoms with Gasteiger partial charge in [-0.1, -0.05) is 74.4 Å². The molecule has 0 unspecified atom stereocenters. The fourth-order valence-corrected chi connectivity index (χ4v) is 10.1. The van der Waals surface area contributed by atoms with Crippen molar-refractivity contribution in [2.24, 2.45) is 21.9 Å². The summed E-state index contributed by atoms with van der Waals surface area (Å²) in [5, 5.41) is 44.1. The van der Waals surface area contributed by atoms with Crippen molar-refractivity contribution >= 4 is 41.3 Å². The fraction of sp³-hybridized carbons (Fsp3) is 0.522. The minimum atomic E-state index is -2.47. The van der Waals surface area contributed by atoms with Gasteiger partial charge in [0.2, 0.25) is 5.91 Å². The molecular weight excluding hydrogens is 833 g/mol. The van der Waals surface area contributed by atoms with Crippen LogP contribution >= 0.6 is 0 Å². The van der Waals surface area contributed by atoms with E-state index in [2.05, 4.69) is 15.3 Å². The van der Waals surface area contributed by atoms with E-state index in [-0.39, 0.29) is 41.8 Å². The van der Waals surface area contributed by atoms with Gasteiger partial charge in [0, 0.05) is 47.8 Å². The quantitative estimate of drug-likeness (QED) is 0.0427. The molecule has 64 heavy (non-hydrogen) atoms. The second kappa shape index (κ2) is 17.9. The minimum absolute atomic E-state index is 0.0414. The van der Waals surface area contributed by atoms with Crippen LogP contribution in [0.5, 0.6) is 0 Å². The van der Waals surface area contributed by atoms with Gasteiger partial charge in [0.15, 0.2) is 17.5 Å². The Kier molecular flexibility index (Phi) is 13.3. The Morgan fingerprint density at radius 2 is 1.73 bits per heavy atom. The van der Waals surface area contributed by atoms with E-state index in [9.17, 15) is 39.3 Å². The summed E-state index contributed by atoms with van der Waals surface area (Å²) in [5.41, 5.74) is 1.55. The number of ether oxygens (including phenoxy) is 5. The highest BCUT2D eigenvalue weighted by atomic mass is 16.6. The first-order valence-corrected chi connectivity index (χ1v) is 21.0. The lowest BCUT2D eigenvalue weighted by Gasteiger charge is -2.67. The average molecular weight is 887 g/mol. The van der Waals surface area contributed by atoms with Gasteiger partial charge in [-0.05, 0) is 62.1 Å². The maximum Gasteiger partial charge on any atom is 0.338 e. The van der Waals surface area contributed by atoms with Crippen LogP contribution in [-0.4, -0.2) is 105 Å². The number of hydrogen-bond acceptors (Lipinski definition) is 15. The van der Waals surface area contributed by atoms with Gasteiger partial charge in [-0.25, -0.2) is 9.59 Å². The largest absolute Gasteiger partial charge is 0.461 e. The zero-order valence-electron chi connectivity index (χ0n) is 36.9. The second-order valence-electron chi connectivity index (χ2n) is 17.6. The van der Waals surface area contributed by atoms with Gasteiger partial charge in [0.1, 0.15) is 36.1 Å². The zero-order valence-corrected chi connectivity index (χ0v) is 36.9. The summed E-state index contributed by atoms with van der Waals surface area (Å²) in [7, 11) is 0. The number of ketones is 1. The Bertz CT molecular complexity index is 2340. The zero-order chi connectivity index (χ0) is 47.1. The first-order chi connectivity index (χ1) is 30.1. The normalized spacial score (nSPS) is 31.4. The Morgan fingerprint density at radius 3 is 2.33 bits per heavy atom. The maximum atomic E-state index is 15.4. The Hall–Kier alpha value is -5.91. The molecule has 1 aliphatic heterocycles. The number of benzene rings is 2. The van der Waals surface area contributed by atoms with Crippen molar-refractivity contribution in [2.75, 3.05) is 6.61 Å². The second-order valence-corrected chi connectivity index (χ2v) is 17.6. The lowest BCUT2D eigenvalue weighted by Crippen LogP contribution is -2.82. The van der Waals surface area contributed by atoms with Gasteiger partial charge in [0.05, 0.1) is 29.5 Å². The van der Waals surface area contributed by atoms with Crippen molar-refractivity contribution in [1.29, 1.82) is 0 Å². The number of amides is 1. The smallest absolute Gasteiger partial charge is 0.338 e. The first kappa shape index (κ1) is 47.6. The van der Waals surface area contributed by atoms with E-state index < -0.39 is 113 Å². The lowest BCUT2D eigenvalue weighted by molar-refractivity contribution is -0.346. The summed E-state index contributed by atoms with van der Waals surface area (Å²) in [6.07, 6.45) is -9.40. The van der Waals surface area contributed by atoms with Crippen LogP contribution in [0.3, 0.4) is 0 Å². The Balaban J connectivity index is 1.56. The summed E-state index contributed by atoms with van der Waals surface area (Å²) in [5.74, 6) is -7.03. The van der Waals surface area contributed by atoms with Gasteiger partial charge in [-0.2, -0.15) is 0 Å². The molecule has 1 amide bonds. The highest BCUT2D eigenvalue weighted by Gasteiger charge is 2.78. The van der Waals surface area contributed by atoms with E-state index in [1.165, 1.54) is 52.0 Å². The number of nitrogens with one attached hydrogen (secondary N) is 1. The van der Waals surface area contributed by atoms with Gasteiger partial charge in [-0.15, -0.1) is 0 Å². The van der Waals surface area contributed by atoms with Crippen molar-refractivity contribution in [3.63, 3.8) is 0 Å². The number of azide groups is 1. The van der Waals surface area contributed by atoms with Gasteiger partial charge < -0.3 is 44.3 Å². The van der Waals surface area contributed by atoms with E-state index in [0.29, 0.717) is 11.1 Å². The molecule has 2 aromatic carbocycles. The topological polar surface area (TPSA) is 270 Å². The molecule has 1 saturated heterocycles. The predicted molar refractivity (Wildman–Crippen MR) is 225 cm³/mol. The van der Waals surface area contributed by atoms with Crippen LogP contribution in [0.2, 0.25) is 0 Å². The van der Waals surface area contributed by atoms with Crippen LogP contribution in [0.4, 0.5) is 5.69 Å². The van der Waals surface area contributed by atoms with Crippen molar-refractivity contribution in [3.05, 3.63) is 99.0 Å². The van der Waals surface area contributed by atoms with Crippen LogP contribution in [-0.2, 0) is 47.7 Å². The molecule has 342 valence electrons. The standard InChI is InChI=1S/C46H54N4O14/c1-9-23(3)40(56)48-34(26-15-12-11-13-16-26)36(54)42(58)61-29-21-46(59)39(63-41(57)27-17-14-18-28(19-27)49-50-47)37-44(8,38(55)35(53)33(24(29)4)43(46,6)7)30(62-32(52)10-2)20-31-45(37,22-60-31)64-25(5)51/h9,11-19,29-31,34-37,39,53-54,59H,10,20-22H2,1-8H3,(H,48,56)/b23-9+/t29-,30-,31+,34-,35+,36+,37-,39-,44+,45-,46+/m0/s1. The number of fused-ring (bicyclic) bond motifs is 5. The Morgan fingerprint density at radius 1 is 1.05 bits per heavy atom. The molecule has 18 heteroatoms. The molecular formula is C46H54N4O14. The lowest BCUT2D eigenvalue weighted by atomic mass is 9.44. The molecule has 11 atom stereocenters. The van der Waals surface area contributed by atoms with Crippen LogP contribution in [0.25, 0.3) is 10.4 Å². The van der Waals surface area contributed by atoms with E-state index in [4.69, 9.17) is 29.2 Å². The molecule has 0 radical (unpaired) electrons.